The lowest BCUT2D eigenvalue weighted by Gasteiger charge is -2.26. The van der Waals surface area contributed by atoms with Gasteiger partial charge >= 0.3 is 11.9 Å². The Morgan fingerprint density at radius 1 is 0.917 bits per heavy atom. The van der Waals surface area contributed by atoms with E-state index < -0.39 is 18.1 Å². The van der Waals surface area contributed by atoms with Gasteiger partial charge in [-0.3, -0.25) is 10.2 Å². The van der Waals surface area contributed by atoms with Crippen molar-refractivity contribution in [2.45, 2.75) is 44.4 Å². The summed E-state index contributed by atoms with van der Waals surface area (Å²) in [5.74, 6) is 0.212. The quantitative estimate of drug-likeness (QED) is 0.133. The highest BCUT2D eigenvalue weighted by Gasteiger charge is 2.26. The summed E-state index contributed by atoms with van der Waals surface area (Å²) in [4.78, 5) is 33.3. The third-order valence-electron chi connectivity index (χ3n) is 8.23. The van der Waals surface area contributed by atoms with Crippen molar-refractivity contribution < 1.29 is 33.5 Å². The van der Waals surface area contributed by atoms with E-state index in [0.717, 1.165) is 30.1 Å². The Labute approximate surface area is 295 Å². The molecule has 2 aromatic carbocycles. The van der Waals surface area contributed by atoms with Crippen LogP contribution in [-0.2, 0) is 27.2 Å². The molecule has 48 heavy (non-hydrogen) atoms. The minimum absolute atomic E-state index is 0.228. The molecule has 2 N–H and O–H groups in total. The van der Waals surface area contributed by atoms with Crippen molar-refractivity contribution in [3.63, 3.8) is 0 Å². The maximum Gasteiger partial charge on any atom is 0.348 e. The van der Waals surface area contributed by atoms with E-state index in [0.29, 0.717) is 50.7 Å². The fourth-order valence-electron chi connectivity index (χ4n) is 5.63. The largest absolute Gasteiger partial charge is 0.493 e. The molecule has 1 aliphatic heterocycles. The molecular formula is C36H40Cl2N3O6S+. The summed E-state index contributed by atoms with van der Waals surface area (Å²) in [5, 5.41) is 4.19. The number of benzene rings is 2. The van der Waals surface area contributed by atoms with Crippen LogP contribution in [0, 0.1) is 0 Å². The Bertz CT molecular complexity index is 1640. The average molecular weight is 714 g/mol. The summed E-state index contributed by atoms with van der Waals surface area (Å²) in [7, 11) is 3.10. The van der Waals surface area contributed by atoms with E-state index in [2.05, 4.69) is 15.2 Å². The lowest BCUT2D eigenvalue weighted by atomic mass is 10.0. The maximum atomic E-state index is 13.6. The Morgan fingerprint density at radius 2 is 1.65 bits per heavy atom. The summed E-state index contributed by atoms with van der Waals surface area (Å²) >= 11 is 14.2. The number of ether oxygens (including phenoxy) is 4. The summed E-state index contributed by atoms with van der Waals surface area (Å²) in [6.45, 7) is 3.52. The molecule has 0 saturated carbocycles. The SMILES string of the molecule is COc1ccc([C@H](Cc2c(Cl)c[nH+]cc2Cl)OC(=O)c2ccc(CNC(C(=O)OCCN3CCCCC3)c3ccccc3)s2)cc1OC. The van der Waals surface area contributed by atoms with Crippen LogP contribution in [0.5, 0.6) is 11.5 Å². The Morgan fingerprint density at radius 3 is 2.35 bits per heavy atom. The molecule has 0 radical (unpaired) electrons. The van der Waals surface area contributed by atoms with Crippen LogP contribution in [0.25, 0.3) is 0 Å². The van der Waals surface area contributed by atoms with Crippen LogP contribution in [0.2, 0.25) is 10.0 Å². The van der Waals surface area contributed by atoms with E-state index in [1.165, 1.54) is 30.6 Å². The van der Waals surface area contributed by atoms with Crippen LogP contribution in [0.4, 0.5) is 0 Å². The smallest absolute Gasteiger partial charge is 0.348 e. The number of hydrogen-bond donors (Lipinski definition) is 1. The van der Waals surface area contributed by atoms with Crippen molar-refractivity contribution in [1.29, 1.82) is 0 Å². The van der Waals surface area contributed by atoms with E-state index in [4.69, 9.17) is 42.1 Å². The van der Waals surface area contributed by atoms with Crippen LogP contribution in [-0.4, -0.2) is 57.3 Å². The summed E-state index contributed by atoms with van der Waals surface area (Å²) in [5.41, 5.74) is 2.13. The molecule has 1 unspecified atom stereocenters. The second-order valence-electron chi connectivity index (χ2n) is 11.4. The van der Waals surface area contributed by atoms with Gasteiger partial charge in [0, 0.05) is 30.0 Å². The summed E-state index contributed by atoms with van der Waals surface area (Å²) < 4.78 is 22.7. The van der Waals surface area contributed by atoms with E-state index in [9.17, 15) is 9.59 Å². The number of nitrogens with one attached hydrogen (secondary N) is 2. The number of aromatic amines is 1. The molecule has 4 aromatic rings. The number of nitrogens with zero attached hydrogens (tertiary/aromatic N) is 1. The summed E-state index contributed by atoms with van der Waals surface area (Å²) in [6, 6.07) is 17.8. The van der Waals surface area contributed by atoms with Gasteiger partial charge in [0.05, 0.1) is 14.2 Å². The number of carbonyl (C=O) groups excluding carboxylic acids is 2. The van der Waals surface area contributed by atoms with Gasteiger partial charge in [0.1, 0.15) is 33.7 Å². The van der Waals surface area contributed by atoms with Crippen LogP contribution in [0.1, 0.15) is 62.6 Å². The van der Waals surface area contributed by atoms with Gasteiger partial charge in [-0.25, -0.2) is 14.6 Å². The lowest BCUT2D eigenvalue weighted by Crippen LogP contribution is -2.35. The first-order valence-corrected chi connectivity index (χ1v) is 17.5. The molecule has 0 spiro atoms. The highest BCUT2D eigenvalue weighted by molar-refractivity contribution is 7.13. The molecule has 1 saturated heterocycles. The van der Waals surface area contributed by atoms with Crippen LogP contribution < -0.4 is 19.8 Å². The molecule has 12 heteroatoms. The number of H-pyrrole nitrogens is 1. The second-order valence-corrected chi connectivity index (χ2v) is 13.4. The third-order valence-corrected chi connectivity index (χ3v) is 9.97. The molecule has 9 nitrogen and oxygen atoms in total. The molecule has 0 amide bonds. The van der Waals surface area contributed by atoms with E-state index in [1.807, 2.05) is 42.5 Å². The first-order chi connectivity index (χ1) is 23.4. The van der Waals surface area contributed by atoms with Crippen molar-refractivity contribution in [3.05, 3.63) is 110 Å². The molecule has 2 aromatic heterocycles. The van der Waals surface area contributed by atoms with Crippen molar-refractivity contribution in [3.8, 4) is 11.5 Å². The van der Waals surface area contributed by atoms with Crippen molar-refractivity contribution in [2.24, 2.45) is 0 Å². The van der Waals surface area contributed by atoms with Gasteiger partial charge in [-0.2, -0.15) is 0 Å². The first kappa shape index (κ1) is 35.6. The predicted octanol–water partition coefficient (Wildman–Crippen LogP) is 6.89. The number of piperidine rings is 1. The van der Waals surface area contributed by atoms with Gasteiger partial charge in [0.15, 0.2) is 23.9 Å². The van der Waals surface area contributed by atoms with E-state index >= 15 is 0 Å². The zero-order valence-electron chi connectivity index (χ0n) is 27.0. The molecular weight excluding hydrogens is 673 g/mol. The molecule has 3 heterocycles. The van der Waals surface area contributed by atoms with Gasteiger partial charge in [0.2, 0.25) is 0 Å². The zero-order chi connectivity index (χ0) is 33.9. The number of thiophene rings is 1. The van der Waals surface area contributed by atoms with Gasteiger partial charge in [-0.05, 0) is 61.3 Å². The average Bonchev–Trinajstić information content (AvgIpc) is 3.59. The highest BCUT2D eigenvalue weighted by Crippen LogP contribution is 2.35. The monoisotopic (exact) mass is 712 g/mol. The fraction of sp³-hybridized carbons (Fsp3) is 0.361. The Kier molecular flexibility index (Phi) is 13.1. The molecule has 5 rings (SSSR count). The highest BCUT2D eigenvalue weighted by atomic mass is 35.5. The number of methoxy groups -OCH3 is 2. The van der Waals surface area contributed by atoms with Gasteiger partial charge in [0.25, 0.3) is 0 Å². The molecule has 0 bridgehead atoms. The van der Waals surface area contributed by atoms with Gasteiger partial charge in [-0.15, -0.1) is 11.3 Å². The molecule has 2 atom stereocenters. The number of esters is 2. The van der Waals surface area contributed by atoms with Crippen LogP contribution in [0.3, 0.4) is 0 Å². The number of rotatable bonds is 15. The molecule has 254 valence electrons. The second kappa shape index (κ2) is 17.6. The standard InChI is InChI=1S/C36H39Cl2N3O6S/c1-44-30-13-11-25(19-32(30)45-2)31(20-27-28(37)22-39-23-29(27)38)47-35(42)33-14-12-26(48-33)21-40-34(24-9-5-3-6-10-24)36(43)46-18-17-41-15-7-4-8-16-41/h3,5-6,9-14,19,22-23,31,34,40H,4,7-8,15-18,20-21H2,1-2H3/p+1/t31-,34?/m0/s1. The number of hydrogen-bond acceptors (Lipinski definition) is 9. The van der Waals surface area contributed by atoms with Crippen LogP contribution in [0.15, 0.2) is 73.1 Å². The number of halogens is 2. The number of carbonyl (C=O) groups is 2. The third kappa shape index (κ3) is 9.48. The van der Waals surface area contributed by atoms with Crippen LogP contribution >= 0.6 is 34.5 Å². The Hall–Kier alpha value is -3.67. The van der Waals surface area contributed by atoms with Crippen molar-refractivity contribution >= 4 is 46.5 Å². The van der Waals surface area contributed by atoms with Crippen molar-refractivity contribution in [1.82, 2.24) is 10.2 Å². The van der Waals surface area contributed by atoms with Gasteiger partial charge < -0.3 is 18.9 Å². The molecule has 1 aliphatic rings. The normalized spacial score (nSPS) is 14.6. The van der Waals surface area contributed by atoms with E-state index in [1.54, 1.807) is 44.8 Å². The lowest BCUT2D eigenvalue weighted by molar-refractivity contribution is -0.377. The number of aromatic nitrogens is 1. The van der Waals surface area contributed by atoms with E-state index in [-0.39, 0.29) is 12.4 Å². The molecule has 0 aliphatic carbocycles. The number of likely N-dealkylation sites (tertiary alicyclic amines) is 1. The van der Waals surface area contributed by atoms with Crippen molar-refractivity contribution in [2.75, 3.05) is 40.5 Å². The Balaban J connectivity index is 1.27. The minimum Gasteiger partial charge on any atom is -0.493 e. The topological polar surface area (TPSA) is 100 Å². The van der Waals surface area contributed by atoms with Gasteiger partial charge in [-0.1, -0.05) is 66.0 Å². The minimum atomic E-state index is -0.736. The zero-order valence-corrected chi connectivity index (χ0v) is 29.3. The summed E-state index contributed by atoms with van der Waals surface area (Å²) in [6.07, 6.45) is 6.37. The maximum absolute atomic E-state index is 13.6. The molecule has 1 fully saturated rings. The first-order valence-electron chi connectivity index (χ1n) is 15.9. The number of pyridine rings is 1. The fourth-order valence-corrected chi connectivity index (χ4v) is 7.01. The predicted molar refractivity (Wildman–Crippen MR) is 186 cm³/mol.